The highest BCUT2D eigenvalue weighted by Crippen LogP contribution is 1.96. The van der Waals surface area contributed by atoms with Crippen molar-refractivity contribution >= 4 is 12.1 Å². The van der Waals surface area contributed by atoms with Crippen LogP contribution >= 0.6 is 0 Å². The van der Waals surface area contributed by atoms with Gasteiger partial charge in [-0.1, -0.05) is 18.2 Å². The number of carbonyl (C=O) groups is 1. The molecule has 0 aromatic heterocycles. The number of quaternary nitrogens is 1. The first-order valence-corrected chi connectivity index (χ1v) is 3.19. The molecule has 0 aliphatic carbocycles. The number of halogens is 1. The quantitative estimate of drug-likeness (QED) is 0.471. The van der Waals surface area contributed by atoms with E-state index in [9.17, 15) is 4.79 Å². The van der Waals surface area contributed by atoms with Gasteiger partial charge in [0, 0.05) is 0 Å². The molecule has 1 rings (SSSR count). The Labute approximate surface area is 72.2 Å². The molecule has 0 aliphatic heterocycles. The molecule has 1 aromatic carbocycles. The second kappa shape index (κ2) is 4.88. The lowest BCUT2D eigenvalue weighted by molar-refractivity contribution is -0.713. The summed E-state index contributed by atoms with van der Waals surface area (Å²) in [4.78, 5) is 11.0. The minimum atomic E-state index is 0. The van der Waals surface area contributed by atoms with Gasteiger partial charge in [0.1, 0.15) is 5.69 Å². The fourth-order valence-electron chi connectivity index (χ4n) is 0.769. The molecule has 1 unspecified atom stereocenters. The molecular formula is C8H10ClNO. The zero-order chi connectivity index (χ0) is 7.40. The maximum Gasteiger partial charge on any atom is 0.304 e. The molecule has 0 radical (unpaired) electrons. The average molecular weight is 172 g/mol. The molecular weight excluding hydrogens is 162 g/mol. The van der Waals surface area contributed by atoms with Crippen molar-refractivity contribution in [3.63, 3.8) is 0 Å². The van der Waals surface area contributed by atoms with Crippen LogP contribution in [0.5, 0.6) is 0 Å². The number of nitrogens with one attached hydrogen (secondary N) is 1. The first kappa shape index (κ1) is 10.1. The van der Waals surface area contributed by atoms with Gasteiger partial charge in [-0.05, 0) is 12.1 Å². The number of carbonyl (C=O) groups excluding carboxylic acids is 1. The van der Waals surface area contributed by atoms with Gasteiger partial charge in [-0.25, -0.2) is 9.69 Å². The molecule has 11 heavy (non-hydrogen) atoms. The lowest BCUT2D eigenvalue weighted by Crippen LogP contribution is -3.02. The van der Waals surface area contributed by atoms with Crippen molar-refractivity contribution in [1.82, 2.24) is 0 Å². The summed E-state index contributed by atoms with van der Waals surface area (Å²) in [6.45, 7) is 0. The molecule has 0 spiro atoms. The summed E-state index contributed by atoms with van der Waals surface area (Å²) in [5.74, 6) is 0. The Morgan fingerprint density at radius 3 is 2.27 bits per heavy atom. The van der Waals surface area contributed by atoms with E-state index in [0.29, 0.717) is 0 Å². The number of hydrogen-bond donors (Lipinski definition) is 1. The molecule has 0 saturated heterocycles. The molecule has 0 fully saturated rings. The van der Waals surface area contributed by atoms with E-state index in [-0.39, 0.29) is 12.4 Å². The van der Waals surface area contributed by atoms with Crippen molar-refractivity contribution in [1.29, 1.82) is 0 Å². The van der Waals surface area contributed by atoms with E-state index < -0.39 is 0 Å². The van der Waals surface area contributed by atoms with Crippen LogP contribution in [0.15, 0.2) is 30.3 Å². The molecule has 2 nitrogen and oxygen atoms in total. The zero-order valence-electron chi connectivity index (χ0n) is 6.25. The van der Waals surface area contributed by atoms with Crippen molar-refractivity contribution in [3.8, 4) is 0 Å². The third kappa shape index (κ3) is 2.70. The SMILES string of the molecule is C[NH+](C=O)c1ccccc1.[Cl-]. The smallest absolute Gasteiger partial charge is 0.304 e. The lowest BCUT2D eigenvalue weighted by atomic mass is 10.3. The second-order valence-corrected chi connectivity index (χ2v) is 2.17. The van der Waals surface area contributed by atoms with Gasteiger partial charge in [0.05, 0.1) is 7.05 Å². The van der Waals surface area contributed by atoms with Crippen molar-refractivity contribution in [3.05, 3.63) is 30.3 Å². The summed E-state index contributed by atoms with van der Waals surface area (Å²) in [7, 11) is 1.81. The summed E-state index contributed by atoms with van der Waals surface area (Å²) < 4.78 is 0. The van der Waals surface area contributed by atoms with Crippen LogP contribution in [0.4, 0.5) is 5.69 Å². The first-order valence-electron chi connectivity index (χ1n) is 3.19. The normalized spacial score (nSPS) is 11.4. The number of hydrogen-bond acceptors (Lipinski definition) is 1. The van der Waals surface area contributed by atoms with E-state index in [4.69, 9.17) is 0 Å². The minimum absolute atomic E-state index is 0. The molecule has 1 aromatic rings. The molecule has 0 aliphatic rings. The highest BCUT2D eigenvalue weighted by molar-refractivity contribution is 5.42. The van der Waals surface area contributed by atoms with Gasteiger partial charge < -0.3 is 12.4 Å². The Kier molecular flexibility index (Phi) is 4.50. The van der Waals surface area contributed by atoms with Crippen LogP contribution in [-0.2, 0) is 4.79 Å². The fraction of sp³-hybridized carbons (Fsp3) is 0.125. The molecule has 1 N–H and O–H groups in total. The van der Waals surface area contributed by atoms with E-state index >= 15 is 0 Å². The van der Waals surface area contributed by atoms with Crippen LogP contribution in [0.3, 0.4) is 0 Å². The average Bonchev–Trinajstić information content (AvgIpc) is 2.05. The Balaban J connectivity index is 0.000001000. The van der Waals surface area contributed by atoms with Gasteiger partial charge in [0.25, 0.3) is 0 Å². The van der Waals surface area contributed by atoms with Crippen LogP contribution in [0.1, 0.15) is 0 Å². The minimum Gasteiger partial charge on any atom is -1.00 e. The molecule has 0 heterocycles. The number of amides is 1. The molecule has 1 amide bonds. The van der Waals surface area contributed by atoms with Crippen LogP contribution in [0.2, 0.25) is 0 Å². The van der Waals surface area contributed by atoms with Crippen molar-refractivity contribution in [2.75, 3.05) is 7.05 Å². The van der Waals surface area contributed by atoms with Gasteiger partial charge in [-0.15, -0.1) is 0 Å². The number of rotatable bonds is 2. The van der Waals surface area contributed by atoms with Gasteiger partial charge in [-0.3, -0.25) is 0 Å². The molecule has 3 heteroatoms. The summed E-state index contributed by atoms with van der Waals surface area (Å²) in [6.07, 6.45) is 0.870. The van der Waals surface area contributed by atoms with Gasteiger partial charge >= 0.3 is 6.41 Å². The maximum absolute atomic E-state index is 10.3. The third-order valence-electron chi connectivity index (χ3n) is 1.41. The molecule has 1 atom stereocenters. The first-order chi connectivity index (χ1) is 4.84. The number of benzene rings is 1. The van der Waals surface area contributed by atoms with Crippen LogP contribution in [0, 0.1) is 0 Å². The zero-order valence-corrected chi connectivity index (χ0v) is 7.01. The maximum atomic E-state index is 10.3. The topological polar surface area (TPSA) is 21.5 Å². The van der Waals surface area contributed by atoms with Crippen molar-refractivity contribution < 1.29 is 22.1 Å². The lowest BCUT2D eigenvalue weighted by Gasteiger charge is -2.01. The van der Waals surface area contributed by atoms with Gasteiger partial charge in [-0.2, -0.15) is 0 Å². The van der Waals surface area contributed by atoms with Gasteiger partial charge in [0.15, 0.2) is 0 Å². The van der Waals surface area contributed by atoms with Crippen molar-refractivity contribution in [2.45, 2.75) is 0 Å². The number of para-hydroxylation sites is 1. The fourth-order valence-corrected chi connectivity index (χ4v) is 0.769. The highest BCUT2D eigenvalue weighted by Gasteiger charge is 2.00. The Morgan fingerprint density at radius 2 is 1.82 bits per heavy atom. The van der Waals surface area contributed by atoms with E-state index in [1.807, 2.05) is 37.4 Å². The third-order valence-corrected chi connectivity index (χ3v) is 1.41. The molecule has 0 bridgehead atoms. The van der Waals surface area contributed by atoms with Crippen LogP contribution in [0.25, 0.3) is 0 Å². The Morgan fingerprint density at radius 1 is 1.27 bits per heavy atom. The summed E-state index contributed by atoms with van der Waals surface area (Å²) in [6, 6.07) is 9.61. The monoisotopic (exact) mass is 171 g/mol. The Hall–Kier alpha value is -0.860. The predicted molar refractivity (Wildman–Crippen MR) is 39.1 cm³/mol. The van der Waals surface area contributed by atoms with Gasteiger partial charge in [0.2, 0.25) is 0 Å². The molecule has 60 valence electrons. The van der Waals surface area contributed by atoms with E-state index in [0.717, 1.165) is 17.0 Å². The predicted octanol–water partition coefficient (Wildman–Crippen LogP) is -3.01. The highest BCUT2D eigenvalue weighted by atomic mass is 35.5. The summed E-state index contributed by atoms with van der Waals surface area (Å²) in [5, 5.41) is 0. The molecule has 0 saturated carbocycles. The van der Waals surface area contributed by atoms with E-state index in [1.54, 1.807) is 0 Å². The van der Waals surface area contributed by atoms with Crippen LogP contribution in [-0.4, -0.2) is 13.5 Å². The summed E-state index contributed by atoms with van der Waals surface area (Å²) >= 11 is 0. The van der Waals surface area contributed by atoms with E-state index in [2.05, 4.69) is 0 Å². The van der Waals surface area contributed by atoms with Crippen LogP contribution < -0.4 is 17.3 Å². The largest absolute Gasteiger partial charge is 1.00 e. The second-order valence-electron chi connectivity index (χ2n) is 2.17. The Bertz CT molecular complexity index is 213. The van der Waals surface area contributed by atoms with E-state index in [1.165, 1.54) is 0 Å². The van der Waals surface area contributed by atoms with Crippen molar-refractivity contribution in [2.24, 2.45) is 0 Å². The summed E-state index contributed by atoms with van der Waals surface area (Å²) in [5.41, 5.74) is 0.998. The standard InChI is InChI=1S/C8H9NO.ClH/c1-9(7-10)8-5-3-2-4-6-8;/h2-7H,1H3;1H.